The third kappa shape index (κ3) is 6.05. The molecular formula is C41H43N5O6Si. The minimum atomic E-state index is -2.86. The van der Waals surface area contributed by atoms with Crippen LogP contribution in [-0.4, -0.2) is 64.3 Å². The van der Waals surface area contributed by atoms with Crippen LogP contribution in [-0.2, 0) is 33.0 Å². The average molecular weight is 730 g/mol. The number of anilines is 3. The second-order valence-corrected chi connectivity index (χ2v) is 18.7. The number of fused-ring (bicyclic) bond motifs is 3. The number of carbonyl (C=O) groups is 2. The van der Waals surface area contributed by atoms with Gasteiger partial charge in [0.25, 0.3) is 11.8 Å². The third-order valence-corrected chi connectivity index (χ3v) is 13.6. The van der Waals surface area contributed by atoms with Gasteiger partial charge in [0, 0.05) is 35.5 Å². The molecule has 1 saturated heterocycles. The molecule has 1 aromatic heterocycles. The molecule has 5 atom stereocenters. The predicted octanol–water partition coefficient (Wildman–Crippen LogP) is 5.89. The third-order valence-electron chi connectivity index (χ3n) is 11.1. The highest BCUT2D eigenvalue weighted by Crippen LogP contribution is 2.59. The van der Waals surface area contributed by atoms with E-state index in [0.717, 1.165) is 28.1 Å². The van der Waals surface area contributed by atoms with E-state index < -0.39 is 20.0 Å². The summed E-state index contributed by atoms with van der Waals surface area (Å²) in [5.41, 5.74) is 4.06. The van der Waals surface area contributed by atoms with E-state index in [2.05, 4.69) is 10.3 Å². The molecule has 12 heteroatoms. The number of nitrogens with zero attached hydrogens (tertiary/aromatic N) is 5. The first-order valence-electron chi connectivity index (χ1n) is 18.1. The lowest BCUT2D eigenvalue weighted by Gasteiger charge is -2.32. The second-order valence-electron chi connectivity index (χ2n) is 14.8. The normalized spacial score (nSPS) is 22.9. The van der Waals surface area contributed by atoms with Gasteiger partial charge < -0.3 is 24.3 Å². The molecule has 1 fully saturated rings. The van der Waals surface area contributed by atoms with E-state index in [1.165, 1.54) is 0 Å². The Morgan fingerprint density at radius 3 is 2.36 bits per heavy atom. The Morgan fingerprint density at radius 2 is 1.62 bits per heavy atom. The zero-order valence-corrected chi connectivity index (χ0v) is 31.0. The molecule has 0 radical (unpaired) electrons. The number of hydrogen-bond donors (Lipinski definition) is 2. The molecule has 0 bridgehead atoms. The van der Waals surface area contributed by atoms with Gasteiger partial charge in [-0.05, 0) is 61.0 Å². The Kier molecular flexibility index (Phi) is 9.01. The summed E-state index contributed by atoms with van der Waals surface area (Å²) in [5.74, 6) is -0.229. The monoisotopic (exact) mass is 729 g/mol. The molecule has 3 aliphatic heterocycles. The molecule has 4 heterocycles. The minimum absolute atomic E-state index is 0.0358. The van der Waals surface area contributed by atoms with Gasteiger partial charge in [-0.25, -0.2) is 0 Å². The molecule has 1 spiro atoms. The van der Waals surface area contributed by atoms with Crippen molar-refractivity contribution in [3.8, 4) is 5.75 Å². The highest BCUT2D eigenvalue weighted by molar-refractivity contribution is 6.71. The fourth-order valence-electron chi connectivity index (χ4n) is 8.67. The van der Waals surface area contributed by atoms with E-state index >= 15 is 0 Å². The summed E-state index contributed by atoms with van der Waals surface area (Å²) in [6, 6.07) is 32.7. The first-order valence-corrected chi connectivity index (χ1v) is 21.1. The molecule has 0 saturated carbocycles. The summed E-state index contributed by atoms with van der Waals surface area (Å²) in [7, 11) is -2.86. The molecule has 4 aromatic carbocycles. The first-order chi connectivity index (χ1) is 25.6. The molecule has 8 rings (SSSR count). The van der Waals surface area contributed by atoms with Crippen molar-refractivity contribution in [1.82, 2.24) is 15.0 Å². The number of aryl methyl sites for hydroxylation is 1. The fourth-order valence-corrected chi connectivity index (χ4v) is 11.3. The fraction of sp³-hybridized carbons (Fsp3) is 0.317. The van der Waals surface area contributed by atoms with Crippen molar-refractivity contribution in [3.05, 3.63) is 132 Å². The van der Waals surface area contributed by atoms with Gasteiger partial charge in [0.1, 0.15) is 5.75 Å². The number of aliphatic hydroxyl groups is 1. The summed E-state index contributed by atoms with van der Waals surface area (Å²) in [6.07, 6.45) is 1.97. The van der Waals surface area contributed by atoms with Crippen molar-refractivity contribution in [2.75, 3.05) is 23.0 Å². The van der Waals surface area contributed by atoms with Crippen molar-refractivity contribution < 1.29 is 29.0 Å². The van der Waals surface area contributed by atoms with Crippen LogP contribution in [0.5, 0.6) is 5.75 Å². The molecule has 0 aliphatic carbocycles. The number of aliphatic hydroxyl groups excluding tert-OH is 1. The zero-order chi connectivity index (χ0) is 36.9. The number of benzene rings is 4. The highest BCUT2D eigenvalue weighted by Gasteiger charge is 2.66. The lowest BCUT2D eigenvalue weighted by atomic mass is 9.82. The Balaban J connectivity index is 1.04. The maximum Gasteiger partial charge on any atom is 0.269 e. The van der Waals surface area contributed by atoms with Gasteiger partial charge in [-0.15, -0.1) is 5.10 Å². The average Bonchev–Trinajstić information content (AvgIpc) is 3.82. The summed E-state index contributed by atoms with van der Waals surface area (Å²) in [5, 5.41) is 18.9. The number of ether oxygens (including phenoxy) is 2. The molecule has 11 nitrogen and oxygen atoms in total. The quantitative estimate of drug-likeness (QED) is 0.170. The number of carbonyl (C=O) groups excluding carboxylic acids is 2. The Morgan fingerprint density at radius 1 is 0.925 bits per heavy atom. The van der Waals surface area contributed by atoms with Crippen LogP contribution in [0.4, 0.5) is 17.1 Å². The number of rotatable bonds is 10. The van der Waals surface area contributed by atoms with E-state index in [0.29, 0.717) is 36.6 Å². The molecular weight excluding hydrogens is 687 g/mol. The topological polar surface area (TPSA) is 130 Å². The van der Waals surface area contributed by atoms with Crippen molar-refractivity contribution in [2.24, 2.45) is 5.92 Å². The van der Waals surface area contributed by atoms with Gasteiger partial charge in [0.2, 0.25) is 0 Å². The van der Waals surface area contributed by atoms with Crippen LogP contribution in [0, 0.1) is 5.92 Å². The van der Waals surface area contributed by atoms with Gasteiger partial charge in [0.05, 0.1) is 42.2 Å². The molecule has 272 valence electrons. The largest absolute Gasteiger partial charge is 0.482 e. The highest BCUT2D eigenvalue weighted by atomic mass is 28.4. The van der Waals surface area contributed by atoms with Crippen LogP contribution in [0.1, 0.15) is 41.6 Å². The molecule has 3 aliphatic rings. The van der Waals surface area contributed by atoms with E-state index in [9.17, 15) is 19.5 Å². The van der Waals surface area contributed by atoms with Crippen LogP contribution in [0.25, 0.3) is 0 Å². The lowest BCUT2D eigenvalue weighted by molar-refractivity contribution is -0.146. The van der Waals surface area contributed by atoms with Gasteiger partial charge in [0.15, 0.2) is 20.5 Å². The second kappa shape index (κ2) is 13.7. The van der Waals surface area contributed by atoms with E-state index in [1.54, 1.807) is 14.5 Å². The minimum Gasteiger partial charge on any atom is -0.482 e. The van der Waals surface area contributed by atoms with Gasteiger partial charge in [-0.1, -0.05) is 84.9 Å². The van der Waals surface area contributed by atoms with Crippen LogP contribution in [0.2, 0.25) is 18.6 Å². The molecule has 1 unspecified atom stereocenters. The zero-order valence-electron chi connectivity index (χ0n) is 30.0. The summed E-state index contributed by atoms with van der Waals surface area (Å²) in [6.45, 7) is 6.54. The SMILES string of the molecule is C[C@@H]1[C@@H]([Si](C)(C)O)[C@H](CCn2cc(C(CO)c3ccccc3)nn2)O[C@@]12C(=O)N(Cc1ccc(N3C(=O)COc4ccccc43)cc1)c1ccccc12. The summed E-state index contributed by atoms with van der Waals surface area (Å²) >= 11 is 0. The number of aromatic nitrogens is 3. The molecule has 2 N–H and O–H groups in total. The maximum atomic E-state index is 14.9. The van der Waals surface area contributed by atoms with Gasteiger partial charge in [-0.2, -0.15) is 0 Å². The summed E-state index contributed by atoms with van der Waals surface area (Å²) in [4.78, 5) is 43.0. The van der Waals surface area contributed by atoms with E-state index in [-0.39, 0.29) is 42.4 Å². The van der Waals surface area contributed by atoms with Crippen molar-refractivity contribution in [2.45, 2.75) is 62.7 Å². The molecule has 53 heavy (non-hydrogen) atoms. The lowest BCUT2D eigenvalue weighted by Crippen LogP contribution is -2.46. The molecule has 5 aromatic rings. The van der Waals surface area contributed by atoms with Crippen LogP contribution >= 0.6 is 0 Å². The predicted molar refractivity (Wildman–Crippen MR) is 202 cm³/mol. The number of hydrogen-bond acceptors (Lipinski definition) is 8. The Bertz CT molecular complexity index is 2140. The van der Waals surface area contributed by atoms with Crippen molar-refractivity contribution >= 4 is 37.2 Å². The number of amides is 2. The maximum absolute atomic E-state index is 14.9. The summed E-state index contributed by atoms with van der Waals surface area (Å²) < 4.78 is 14.4. The van der Waals surface area contributed by atoms with Crippen LogP contribution in [0.15, 0.2) is 109 Å². The standard InChI is InChI=1S/C41H43N5O6Si/c1-27-39(53(2,3)50)37(21-22-44-24-33(42-43-44)31(25-47)29-11-5-4-6-12-29)52-41(27)32-13-7-8-14-34(32)45(40(41)49)23-28-17-19-30(20-18-28)46-35-15-9-10-16-36(35)51-26-38(46)48/h4-20,24,27,31,37,39,47,50H,21-23,25-26H2,1-3H3/t27-,31?,37+,39-,41+/m1/s1. The number of para-hydroxylation sites is 3. The first kappa shape index (κ1) is 34.9. The Labute approximate surface area is 309 Å². The van der Waals surface area contributed by atoms with E-state index in [4.69, 9.17) is 9.47 Å². The van der Waals surface area contributed by atoms with Crippen LogP contribution < -0.4 is 14.5 Å². The van der Waals surface area contributed by atoms with Crippen molar-refractivity contribution in [3.63, 3.8) is 0 Å². The van der Waals surface area contributed by atoms with Gasteiger partial charge >= 0.3 is 0 Å². The van der Waals surface area contributed by atoms with Crippen molar-refractivity contribution in [1.29, 1.82) is 0 Å². The Hall–Kier alpha value is -5.14. The van der Waals surface area contributed by atoms with E-state index in [1.807, 2.05) is 129 Å². The van der Waals surface area contributed by atoms with Crippen LogP contribution in [0.3, 0.4) is 0 Å². The smallest absolute Gasteiger partial charge is 0.269 e. The van der Waals surface area contributed by atoms with Gasteiger partial charge in [-0.3, -0.25) is 19.2 Å². The molecule has 2 amide bonds.